The predicted molar refractivity (Wildman–Crippen MR) is 85.7 cm³/mol. The molecule has 128 valence electrons. The van der Waals surface area contributed by atoms with E-state index in [0.29, 0.717) is 17.1 Å². The Bertz CT molecular complexity index is 696. The molecule has 0 spiro atoms. The zero-order valence-electron chi connectivity index (χ0n) is 14.3. The van der Waals surface area contributed by atoms with Crippen molar-refractivity contribution in [3.05, 3.63) is 39.6 Å². The number of carboxylic acids is 2. The monoisotopic (exact) mass is 413 g/mol. The van der Waals surface area contributed by atoms with E-state index in [0.717, 1.165) is 23.5 Å². The number of carbonyl (C=O) groups is 3. The third kappa shape index (κ3) is 7.47. The SMILES string of the molecule is O=C([O-])C1=C(C(=O)N[C@@H](Cc2ccc(O)cc2)C(=O)[O-])SCCS1.[Na+].[Na+]. The quantitative estimate of drug-likeness (QED) is 0.440. The van der Waals surface area contributed by atoms with Crippen molar-refractivity contribution in [1.82, 2.24) is 5.32 Å². The topological polar surface area (TPSA) is 130 Å². The summed E-state index contributed by atoms with van der Waals surface area (Å²) in [6.45, 7) is 0. The van der Waals surface area contributed by atoms with Crippen molar-refractivity contribution >= 4 is 41.4 Å². The van der Waals surface area contributed by atoms with Crippen molar-refractivity contribution in [2.45, 2.75) is 12.5 Å². The number of carboxylic acid groups (broad SMARTS) is 2. The van der Waals surface area contributed by atoms with E-state index >= 15 is 0 Å². The predicted octanol–water partition coefficient (Wildman–Crippen LogP) is -7.38. The normalized spacial score (nSPS) is 14.5. The summed E-state index contributed by atoms with van der Waals surface area (Å²) in [5.74, 6) is -2.62. The molecule has 0 fully saturated rings. The molecule has 1 heterocycles. The molecule has 2 rings (SSSR count). The van der Waals surface area contributed by atoms with Gasteiger partial charge < -0.3 is 30.2 Å². The van der Waals surface area contributed by atoms with E-state index in [4.69, 9.17) is 0 Å². The molecule has 1 amide bonds. The Kier molecular flexibility index (Phi) is 12.3. The minimum Gasteiger partial charge on any atom is -0.548 e. The molecule has 0 saturated carbocycles. The second-order valence-electron chi connectivity index (χ2n) is 4.86. The van der Waals surface area contributed by atoms with Gasteiger partial charge in [-0.25, -0.2) is 0 Å². The Balaban J connectivity index is 0.00000312. The molecule has 11 heteroatoms. The van der Waals surface area contributed by atoms with Crippen LogP contribution >= 0.6 is 23.5 Å². The summed E-state index contributed by atoms with van der Waals surface area (Å²) in [7, 11) is 0. The number of benzene rings is 1. The van der Waals surface area contributed by atoms with E-state index in [2.05, 4.69) is 5.32 Å². The summed E-state index contributed by atoms with van der Waals surface area (Å²) in [6, 6.07) is 4.51. The van der Waals surface area contributed by atoms with Gasteiger partial charge in [-0.3, -0.25) is 4.79 Å². The number of aromatic hydroxyl groups is 1. The largest absolute Gasteiger partial charge is 1.00 e. The summed E-state index contributed by atoms with van der Waals surface area (Å²) in [6.07, 6.45) is -0.0555. The van der Waals surface area contributed by atoms with Gasteiger partial charge in [-0.2, -0.15) is 0 Å². The zero-order chi connectivity index (χ0) is 17.7. The van der Waals surface area contributed by atoms with E-state index in [1.807, 2.05) is 0 Å². The molecular formula is C15H13NNa2O6S2. The molecule has 1 aromatic carbocycles. The summed E-state index contributed by atoms with van der Waals surface area (Å²) in [4.78, 5) is 34.4. The minimum atomic E-state index is -1.49. The van der Waals surface area contributed by atoms with Gasteiger partial charge in [-0.05, 0) is 24.1 Å². The van der Waals surface area contributed by atoms with Crippen LogP contribution in [-0.4, -0.2) is 40.5 Å². The van der Waals surface area contributed by atoms with Crippen LogP contribution in [0.3, 0.4) is 0 Å². The van der Waals surface area contributed by atoms with Crippen LogP contribution in [-0.2, 0) is 20.8 Å². The first-order chi connectivity index (χ1) is 11.4. The fourth-order valence-electron chi connectivity index (χ4n) is 2.02. The number of amides is 1. The van der Waals surface area contributed by atoms with Crippen LogP contribution in [0.25, 0.3) is 0 Å². The number of nitrogens with one attached hydrogen (secondary N) is 1. The third-order valence-corrected chi connectivity index (χ3v) is 5.68. The van der Waals surface area contributed by atoms with Crippen molar-refractivity contribution < 1.29 is 88.8 Å². The molecule has 0 unspecified atom stereocenters. The summed E-state index contributed by atoms with van der Waals surface area (Å²) in [5, 5.41) is 33.9. The molecule has 2 N–H and O–H groups in total. The average molecular weight is 413 g/mol. The summed E-state index contributed by atoms with van der Waals surface area (Å²) in [5.41, 5.74) is 0.571. The van der Waals surface area contributed by atoms with Gasteiger partial charge in [0.25, 0.3) is 5.91 Å². The van der Waals surface area contributed by atoms with Gasteiger partial charge in [0.1, 0.15) is 5.75 Å². The van der Waals surface area contributed by atoms with E-state index in [1.165, 1.54) is 24.3 Å². The average Bonchev–Trinajstić information content (AvgIpc) is 2.56. The molecule has 1 atom stereocenters. The zero-order valence-corrected chi connectivity index (χ0v) is 19.9. The molecule has 0 aliphatic carbocycles. The number of phenolic OH excluding ortho intramolecular Hbond substituents is 1. The van der Waals surface area contributed by atoms with Crippen molar-refractivity contribution in [3.8, 4) is 5.75 Å². The Morgan fingerprint density at radius 3 is 2.08 bits per heavy atom. The van der Waals surface area contributed by atoms with Gasteiger partial charge in [0.2, 0.25) is 0 Å². The van der Waals surface area contributed by atoms with Gasteiger partial charge in [0.05, 0.1) is 22.9 Å². The Hall–Kier alpha value is -0.130. The first-order valence-corrected chi connectivity index (χ1v) is 8.86. The van der Waals surface area contributed by atoms with E-state index in [1.54, 1.807) is 0 Å². The van der Waals surface area contributed by atoms with Crippen LogP contribution in [0.5, 0.6) is 5.75 Å². The number of hydrogen-bond donors (Lipinski definition) is 2. The number of hydrogen-bond acceptors (Lipinski definition) is 8. The van der Waals surface area contributed by atoms with Crippen LogP contribution in [0.15, 0.2) is 34.1 Å². The third-order valence-electron chi connectivity index (χ3n) is 3.14. The van der Waals surface area contributed by atoms with E-state index < -0.39 is 23.9 Å². The fraction of sp³-hybridized carbons (Fsp3) is 0.267. The van der Waals surface area contributed by atoms with Crippen LogP contribution in [0.1, 0.15) is 5.56 Å². The molecule has 1 aliphatic heterocycles. The first kappa shape index (κ1) is 25.9. The van der Waals surface area contributed by atoms with Gasteiger partial charge in [0, 0.05) is 16.4 Å². The maximum Gasteiger partial charge on any atom is 1.00 e. The van der Waals surface area contributed by atoms with Crippen molar-refractivity contribution in [2.24, 2.45) is 0 Å². The van der Waals surface area contributed by atoms with Crippen molar-refractivity contribution in [2.75, 3.05) is 11.5 Å². The maximum atomic E-state index is 12.2. The molecular weight excluding hydrogens is 400 g/mol. The van der Waals surface area contributed by atoms with E-state index in [9.17, 15) is 29.7 Å². The standard InChI is InChI=1S/C15H15NO6S2.2Na/c17-9-3-1-8(2-4-9)7-10(14(19)20)16-13(18)11-12(15(21)22)24-6-5-23-11;;/h1-4,10,17H,5-7H2,(H,16,18)(H,19,20)(H,21,22);;/q;2*+1/p-2/t10-;;/m0../s1. The molecule has 0 saturated heterocycles. The van der Waals surface area contributed by atoms with Crippen molar-refractivity contribution in [3.63, 3.8) is 0 Å². The molecule has 7 nitrogen and oxygen atoms in total. The Labute approximate surface area is 203 Å². The van der Waals surface area contributed by atoms with Gasteiger partial charge in [-0.1, -0.05) is 12.1 Å². The first-order valence-electron chi connectivity index (χ1n) is 6.89. The number of rotatable bonds is 6. The molecule has 1 aromatic rings. The molecule has 0 radical (unpaired) electrons. The summed E-state index contributed by atoms with van der Waals surface area (Å²) >= 11 is 2.04. The fourth-order valence-corrected chi connectivity index (χ4v) is 4.20. The minimum absolute atomic E-state index is 0. The van der Waals surface area contributed by atoms with Crippen LogP contribution in [0.2, 0.25) is 0 Å². The maximum absolute atomic E-state index is 12.2. The number of carbonyl (C=O) groups excluding carboxylic acids is 3. The Morgan fingerprint density at radius 1 is 1.04 bits per heavy atom. The molecule has 26 heavy (non-hydrogen) atoms. The second kappa shape index (κ2) is 12.4. The number of phenols is 1. The van der Waals surface area contributed by atoms with Crippen LogP contribution in [0, 0.1) is 0 Å². The number of aliphatic carboxylic acids is 2. The van der Waals surface area contributed by atoms with Gasteiger partial charge in [-0.15, -0.1) is 23.5 Å². The van der Waals surface area contributed by atoms with Gasteiger partial charge >= 0.3 is 59.1 Å². The number of thioether (sulfide) groups is 2. The van der Waals surface area contributed by atoms with Gasteiger partial charge in [0.15, 0.2) is 0 Å². The Morgan fingerprint density at radius 2 is 1.58 bits per heavy atom. The van der Waals surface area contributed by atoms with E-state index in [-0.39, 0.29) is 81.1 Å². The second-order valence-corrected chi connectivity index (χ2v) is 7.07. The van der Waals surface area contributed by atoms with Crippen LogP contribution < -0.4 is 74.6 Å². The smallest absolute Gasteiger partial charge is 0.548 e. The van der Waals surface area contributed by atoms with Crippen molar-refractivity contribution in [1.29, 1.82) is 0 Å². The molecule has 0 aromatic heterocycles. The molecule has 1 aliphatic rings. The summed E-state index contributed by atoms with van der Waals surface area (Å²) < 4.78 is 0. The molecule has 0 bridgehead atoms. The van der Waals surface area contributed by atoms with Crippen LogP contribution in [0.4, 0.5) is 0 Å².